The summed E-state index contributed by atoms with van der Waals surface area (Å²) in [6.45, 7) is 0.159. The van der Waals surface area contributed by atoms with Gasteiger partial charge in [-0.25, -0.2) is 8.78 Å². The van der Waals surface area contributed by atoms with Crippen LogP contribution in [0.1, 0.15) is 36.6 Å². The Labute approximate surface area is 202 Å². The quantitative estimate of drug-likeness (QED) is 0.287. The van der Waals surface area contributed by atoms with E-state index in [4.69, 9.17) is 11.2 Å². The first-order valence-corrected chi connectivity index (χ1v) is 11.6. The van der Waals surface area contributed by atoms with Gasteiger partial charge in [0, 0.05) is 29.8 Å². The molecular weight excluding hydrogens is 462 g/mol. The molecule has 0 fully saturated rings. The second-order valence-electron chi connectivity index (χ2n) is 7.40. The van der Waals surface area contributed by atoms with Gasteiger partial charge in [0.25, 0.3) is 5.91 Å². The number of fused-ring (bicyclic) bond motifs is 3. The van der Waals surface area contributed by atoms with E-state index < -0.39 is 53.9 Å². The first-order valence-electron chi connectivity index (χ1n) is 11.9. The molecule has 1 aliphatic heterocycles. The number of rotatable bonds is 4. The van der Waals surface area contributed by atoms with Gasteiger partial charge in [0.15, 0.2) is 5.78 Å². The summed E-state index contributed by atoms with van der Waals surface area (Å²) in [5.74, 6) is -2.66. The molecular formula is C25H18F2N2O2S2. The minimum Gasteiger partial charge on any atom is -0.399 e. The lowest BCUT2D eigenvalue weighted by molar-refractivity contribution is 0.0981. The van der Waals surface area contributed by atoms with Crippen LogP contribution in [0.15, 0.2) is 59.9 Å². The van der Waals surface area contributed by atoms with Crippen LogP contribution in [0.5, 0.6) is 0 Å². The van der Waals surface area contributed by atoms with Crippen LogP contribution in [0.3, 0.4) is 0 Å². The summed E-state index contributed by atoms with van der Waals surface area (Å²) in [6, 6.07) is 4.89. The summed E-state index contributed by atoms with van der Waals surface area (Å²) in [7, 11) is 0. The van der Waals surface area contributed by atoms with Gasteiger partial charge in [0.1, 0.15) is 11.6 Å². The van der Waals surface area contributed by atoms with Gasteiger partial charge in [0.2, 0.25) is 0 Å². The number of Topliss-reactive ketones (excluding diaryl/α,β-unsaturated/α-hetero) is 1. The molecule has 0 bridgehead atoms. The van der Waals surface area contributed by atoms with Crippen LogP contribution in [-0.2, 0) is 12.8 Å². The molecule has 0 radical (unpaired) electrons. The zero-order valence-corrected chi connectivity index (χ0v) is 18.6. The molecule has 0 atom stereocenters. The lowest BCUT2D eigenvalue weighted by atomic mass is 10.1. The van der Waals surface area contributed by atoms with Gasteiger partial charge in [-0.3, -0.25) is 9.59 Å². The summed E-state index contributed by atoms with van der Waals surface area (Å²) in [6.07, 6.45) is -0.0716. The number of carbonyl (C=O) groups excluding carboxylic acids is 2. The predicted molar refractivity (Wildman–Crippen MR) is 128 cm³/mol. The first kappa shape index (κ1) is 17.2. The molecule has 2 N–H and O–H groups in total. The van der Waals surface area contributed by atoms with E-state index >= 15 is 0 Å². The third kappa shape index (κ3) is 3.96. The highest BCUT2D eigenvalue weighted by Gasteiger charge is 2.29. The Morgan fingerprint density at radius 2 is 1.82 bits per heavy atom. The first-order chi connectivity index (χ1) is 17.6. The molecule has 166 valence electrons. The van der Waals surface area contributed by atoms with Crippen molar-refractivity contribution in [1.82, 2.24) is 0 Å². The van der Waals surface area contributed by atoms with Crippen molar-refractivity contribution in [2.75, 3.05) is 17.2 Å². The molecule has 8 heteroatoms. The summed E-state index contributed by atoms with van der Waals surface area (Å²) in [5, 5.41) is 1.77. The van der Waals surface area contributed by atoms with Crippen molar-refractivity contribution >= 4 is 45.7 Å². The molecule has 0 aliphatic carbocycles. The van der Waals surface area contributed by atoms with Crippen molar-refractivity contribution in [3.05, 3.63) is 93.1 Å². The Kier molecular flexibility index (Phi) is 4.44. The number of nitrogens with zero attached hydrogens (tertiary/aromatic N) is 1. The van der Waals surface area contributed by atoms with Gasteiger partial charge in [-0.2, -0.15) is 0 Å². The Bertz CT molecular complexity index is 1550. The van der Waals surface area contributed by atoms with E-state index in [0.29, 0.717) is 21.9 Å². The van der Waals surface area contributed by atoms with Crippen molar-refractivity contribution in [3.63, 3.8) is 0 Å². The van der Waals surface area contributed by atoms with E-state index in [-0.39, 0.29) is 23.4 Å². The van der Waals surface area contributed by atoms with Crippen LogP contribution in [-0.4, -0.2) is 18.2 Å². The zero-order valence-electron chi connectivity index (χ0n) is 21.0. The number of amides is 1. The fourth-order valence-corrected chi connectivity index (χ4v) is 5.94. The maximum absolute atomic E-state index is 14.1. The van der Waals surface area contributed by atoms with E-state index in [1.807, 2.05) is 0 Å². The summed E-state index contributed by atoms with van der Waals surface area (Å²) in [5.41, 5.74) is 5.99. The predicted octanol–water partition coefficient (Wildman–Crippen LogP) is 5.97. The van der Waals surface area contributed by atoms with Crippen molar-refractivity contribution in [2.24, 2.45) is 0 Å². The number of thiophene rings is 2. The average molecular weight is 485 g/mol. The van der Waals surface area contributed by atoms with E-state index in [1.165, 1.54) is 33.6 Å². The van der Waals surface area contributed by atoms with Gasteiger partial charge in [-0.15, -0.1) is 22.7 Å². The van der Waals surface area contributed by atoms with Crippen LogP contribution in [0.4, 0.5) is 20.2 Å². The Morgan fingerprint density at radius 3 is 2.55 bits per heavy atom. The smallest absolute Gasteiger partial charge is 0.258 e. The molecule has 4 nitrogen and oxygen atoms in total. The monoisotopic (exact) mass is 484 g/mol. The third-order valence-electron chi connectivity index (χ3n) is 5.33. The van der Waals surface area contributed by atoms with Crippen LogP contribution in [0, 0.1) is 11.6 Å². The highest BCUT2D eigenvalue weighted by atomic mass is 32.1. The van der Waals surface area contributed by atoms with Crippen LogP contribution in [0.2, 0.25) is 0 Å². The van der Waals surface area contributed by atoms with Gasteiger partial charge in [-0.1, -0.05) is 6.07 Å². The Balaban J connectivity index is 1.50. The van der Waals surface area contributed by atoms with Crippen molar-refractivity contribution < 1.29 is 23.9 Å². The molecule has 0 saturated heterocycles. The molecule has 0 spiro atoms. The average Bonchev–Trinajstić information content (AvgIpc) is 3.49. The number of nitrogens with two attached hydrogens (primary N) is 1. The normalized spacial score (nSPS) is 14.4. The van der Waals surface area contributed by atoms with E-state index in [1.54, 1.807) is 17.5 Å². The number of ketones is 1. The summed E-state index contributed by atoms with van der Waals surface area (Å²) < 4.78 is 60.5. The number of halogens is 2. The fourth-order valence-electron chi connectivity index (χ4n) is 3.71. The number of anilines is 2. The van der Waals surface area contributed by atoms with Crippen molar-refractivity contribution in [2.45, 2.75) is 12.8 Å². The molecule has 1 amide bonds. The Hall–Kier alpha value is -3.36. The largest absolute Gasteiger partial charge is 0.399 e. The maximum Gasteiger partial charge on any atom is 0.258 e. The minimum atomic E-state index is -0.780. The molecule has 2 aromatic heterocycles. The molecule has 1 aliphatic rings. The second-order valence-corrected chi connectivity index (χ2v) is 9.36. The molecule has 0 unspecified atom stereocenters. The van der Waals surface area contributed by atoms with Crippen LogP contribution >= 0.6 is 22.7 Å². The van der Waals surface area contributed by atoms with Gasteiger partial charge >= 0.3 is 0 Å². The zero-order chi connectivity index (χ0) is 26.6. The Morgan fingerprint density at radius 1 is 1.09 bits per heavy atom. The van der Waals surface area contributed by atoms with Gasteiger partial charge in [-0.05, 0) is 65.8 Å². The summed E-state index contributed by atoms with van der Waals surface area (Å²) in [4.78, 5) is 29.7. The van der Waals surface area contributed by atoms with E-state index in [2.05, 4.69) is 0 Å². The molecule has 3 heterocycles. The standard InChI is InChI=1S/C25H18F2N2O2S2/c26-18-2-1-3-19(27)17(18)13-21(30)22-12-15-8-10-29(20-9-11-32-24(20)23(15)33-22)25(31)14-4-6-16(28)7-5-14/h1-7,9,11-12H,8,10,13,28H2/i4D,5D,6D,7D. The highest BCUT2D eigenvalue weighted by Crippen LogP contribution is 2.45. The third-order valence-corrected chi connectivity index (χ3v) is 7.62. The SMILES string of the molecule is [2H]c1c([2H])c(C(=O)N2CCc3cc(C(=O)Cc4c(F)cccc4F)sc3-c3sccc32)c([2H])c([2H])c1N. The number of hydrogen-bond acceptors (Lipinski definition) is 5. The van der Waals surface area contributed by atoms with Crippen molar-refractivity contribution in [3.8, 4) is 9.75 Å². The van der Waals surface area contributed by atoms with Gasteiger partial charge < -0.3 is 10.6 Å². The molecule has 0 saturated carbocycles. The fraction of sp³-hybridized carbons (Fsp3) is 0.120. The lowest BCUT2D eigenvalue weighted by Gasteiger charge is -2.21. The highest BCUT2D eigenvalue weighted by molar-refractivity contribution is 7.23. The lowest BCUT2D eigenvalue weighted by Crippen LogP contribution is -2.32. The van der Waals surface area contributed by atoms with E-state index in [9.17, 15) is 18.4 Å². The summed E-state index contributed by atoms with van der Waals surface area (Å²) >= 11 is 2.53. The minimum absolute atomic E-state index is 0.159. The topological polar surface area (TPSA) is 63.4 Å². The number of benzene rings is 2. The van der Waals surface area contributed by atoms with Crippen molar-refractivity contribution in [1.29, 1.82) is 0 Å². The second kappa shape index (κ2) is 8.53. The molecule has 33 heavy (non-hydrogen) atoms. The van der Waals surface area contributed by atoms with Crippen LogP contribution < -0.4 is 10.6 Å². The molecule has 4 aromatic rings. The van der Waals surface area contributed by atoms with Gasteiger partial charge in [0.05, 0.1) is 25.8 Å². The van der Waals surface area contributed by atoms with Crippen LogP contribution in [0.25, 0.3) is 9.75 Å². The maximum atomic E-state index is 14.1. The number of hydrogen-bond donors (Lipinski definition) is 1. The molecule has 2 aromatic carbocycles. The molecule has 5 rings (SSSR count). The number of carbonyl (C=O) groups is 2. The van der Waals surface area contributed by atoms with E-state index in [0.717, 1.165) is 22.6 Å². The number of nitrogen functional groups attached to an aromatic ring is 1.